The summed E-state index contributed by atoms with van der Waals surface area (Å²) >= 11 is 1.46. The molecule has 0 radical (unpaired) electrons. The standard InChI is InChI=1S/C26H27N11S/c1-17-13-37-21(18-11-29-36(14-18)16-22-31-20-6-5-7-27-24(20)32-22)12-28-26(37)25(30-17)33-23-10-19(34-38-23)15-35-8-3-2-4-9-35/h5-7,10-14H,2-4,8-9,15-16H2,1H3,(H,30,33)(H,27,31,32). The Morgan fingerprint density at radius 3 is 2.87 bits per heavy atom. The smallest absolute Gasteiger partial charge is 0.180 e. The quantitative estimate of drug-likeness (QED) is 0.315. The van der Waals surface area contributed by atoms with E-state index in [-0.39, 0.29) is 0 Å². The zero-order chi connectivity index (χ0) is 25.5. The number of imidazole rings is 2. The highest BCUT2D eigenvalue weighted by Gasteiger charge is 2.16. The number of anilines is 2. The van der Waals surface area contributed by atoms with Gasteiger partial charge < -0.3 is 10.3 Å². The van der Waals surface area contributed by atoms with E-state index in [1.807, 2.05) is 48.5 Å². The Morgan fingerprint density at radius 2 is 1.97 bits per heavy atom. The zero-order valence-corrected chi connectivity index (χ0v) is 21.8. The number of hydrogen-bond acceptors (Lipinski definition) is 9. The molecule has 0 spiro atoms. The molecule has 0 aliphatic carbocycles. The summed E-state index contributed by atoms with van der Waals surface area (Å²) in [6.45, 7) is 5.72. The van der Waals surface area contributed by atoms with Crippen LogP contribution >= 0.6 is 11.5 Å². The molecule has 6 aromatic rings. The number of aromatic amines is 1. The largest absolute Gasteiger partial charge is 0.339 e. The molecule has 7 rings (SSSR count). The number of nitrogens with zero attached hydrogens (tertiary/aromatic N) is 9. The van der Waals surface area contributed by atoms with Gasteiger partial charge in [0, 0.05) is 30.7 Å². The molecule has 1 aliphatic heterocycles. The molecular formula is C26H27N11S. The van der Waals surface area contributed by atoms with Crippen molar-refractivity contribution in [2.45, 2.75) is 39.3 Å². The lowest BCUT2D eigenvalue weighted by molar-refractivity contribution is 0.219. The van der Waals surface area contributed by atoms with Crippen LogP contribution < -0.4 is 5.32 Å². The maximum atomic E-state index is 4.75. The minimum atomic E-state index is 0.519. The highest BCUT2D eigenvalue weighted by Crippen LogP contribution is 2.28. The molecule has 192 valence electrons. The van der Waals surface area contributed by atoms with E-state index in [2.05, 4.69) is 45.1 Å². The number of H-pyrrole nitrogens is 1. The van der Waals surface area contributed by atoms with Crippen molar-refractivity contribution in [3.05, 3.63) is 66.4 Å². The fourth-order valence-electron chi connectivity index (χ4n) is 5.02. The summed E-state index contributed by atoms with van der Waals surface area (Å²) in [7, 11) is 0. The summed E-state index contributed by atoms with van der Waals surface area (Å²) in [6.07, 6.45) is 13.3. The predicted octanol–water partition coefficient (Wildman–Crippen LogP) is 4.41. The Kier molecular flexibility index (Phi) is 5.82. The third kappa shape index (κ3) is 4.52. The number of nitrogens with one attached hydrogen (secondary N) is 2. The average molecular weight is 526 g/mol. The number of aromatic nitrogens is 9. The molecule has 0 saturated carbocycles. The van der Waals surface area contributed by atoms with E-state index < -0.39 is 0 Å². The molecule has 0 atom stereocenters. The van der Waals surface area contributed by atoms with Gasteiger partial charge in [0.15, 0.2) is 17.1 Å². The Labute approximate surface area is 222 Å². The maximum absolute atomic E-state index is 4.75. The van der Waals surface area contributed by atoms with Crippen LogP contribution in [0.15, 0.2) is 49.2 Å². The zero-order valence-electron chi connectivity index (χ0n) is 21.0. The van der Waals surface area contributed by atoms with Gasteiger partial charge in [-0.05, 0) is 62.6 Å². The SMILES string of the molecule is Cc1cn2c(-c3cnn(Cc4nc5ncccc5[nH]4)c3)cnc2c(Nc2cc(CN3CCCCC3)ns2)n1. The molecule has 1 aliphatic rings. The third-order valence-corrected chi connectivity index (χ3v) is 7.54. The van der Waals surface area contributed by atoms with Crippen molar-refractivity contribution >= 4 is 39.2 Å². The molecule has 0 amide bonds. The summed E-state index contributed by atoms with van der Waals surface area (Å²) in [4.78, 5) is 24.1. The van der Waals surface area contributed by atoms with Crippen molar-refractivity contribution in [3.63, 3.8) is 0 Å². The molecule has 0 bridgehead atoms. The lowest BCUT2D eigenvalue weighted by Crippen LogP contribution is -2.29. The van der Waals surface area contributed by atoms with Crippen molar-refractivity contribution in [2.75, 3.05) is 18.4 Å². The monoisotopic (exact) mass is 525 g/mol. The van der Waals surface area contributed by atoms with Crippen molar-refractivity contribution in [2.24, 2.45) is 0 Å². The van der Waals surface area contributed by atoms with Crippen LogP contribution in [0.25, 0.3) is 28.1 Å². The molecule has 1 fully saturated rings. The molecule has 2 N–H and O–H groups in total. The number of pyridine rings is 1. The van der Waals surface area contributed by atoms with E-state index >= 15 is 0 Å². The van der Waals surface area contributed by atoms with E-state index in [9.17, 15) is 0 Å². The fraction of sp³-hybridized carbons (Fsp3) is 0.308. The van der Waals surface area contributed by atoms with E-state index in [1.54, 1.807) is 6.20 Å². The minimum Gasteiger partial charge on any atom is -0.339 e. The van der Waals surface area contributed by atoms with Crippen LogP contribution in [0, 0.1) is 6.92 Å². The van der Waals surface area contributed by atoms with Crippen molar-refractivity contribution < 1.29 is 0 Å². The molecular weight excluding hydrogens is 498 g/mol. The van der Waals surface area contributed by atoms with Gasteiger partial charge in [-0.2, -0.15) is 9.47 Å². The second-order valence-corrected chi connectivity index (χ2v) is 10.5. The van der Waals surface area contributed by atoms with Crippen molar-refractivity contribution in [3.8, 4) is 11.3 Å². The van der Waals surface area contributed by atoms with Gasteiger partial charge in [-0.25, -0.2) is 19.9 Å². The van der Waals surface area contributed by atoms with Gasteiger partial charge in [-0.1, -0.05) is 6.42 Å². The highest BCUT2D eigenvalue weighted by atomic mass is 32.1. The van der Waals surface area contributed by atoms with Crippen molar-refractivity contribution in [1.29, 1.82) is 0 Å². The van der Waals surface area contributed by atoms with E-state index in [4.69, 9.17) is 9.97 Å². The Balaban J connectivity index is 1.12. The van der Waals surface area contributed by atoms with Gasteiger partial charge >= 0.3 is 0 Å². The number of fused-ring (bicyclic) bond motifs is 2. The summed E-state index contributed by atoms with van der Waals surface area (Å²) < 4.78 is 8.60. The molecule has 38 heavy (non-hydrogen) atoms. The van der Waals surface area contributed by atoms with Crippen molar-refractivity contribution in [1.82, 2.24) is 48.4 Å². The Hall–Kier alpha value is -4.16. The topological polar surface area (TPSA) is 118 Å². The molecule has 12 heteroatoms. The summed E-state index contributed by atoms with van der Waals surface area (Å²) in [5, 5.41) is 8.99. The molecule has 0 aromatic carbocycles. The van der Waals surface area contributed by atoms with Gasteiger partial charge in [0.05, 0.1) is 41.5 Å². The van der Waals surface area contributed by atoms with Crippen LogP contribution in [-0.4, -0.2) is 61.5 Å². The van der Waals surface area contributed by atoms with E-state index in [0.29, 0.717) is 18.0 Å². The second-order valence-electron chi connectivity index (χ2n) is 9.70. The summed E-state index contributed by atoms with van der Waals surface area (Å²) in [5.74, 6) is 1.52. The van der Waals surface area contributed by atoms with Gasteiger partial charge in [-0.15, -0.1) is 0 Å². The number of aryl methyl sites for hydroxylation is 1. The maximum Gasteiger partial charge on any atom is 0.180 e. The van der Waals surface area contributed by atoms with Gasteiger partial charge in [0.2, 0.25) is 0 Å². The molecule has 1 saturated heterocycles. The number of likely N-dealkylation sites (tertiary alicyclic amines) is 1. The van der Waals surface area contributed by atoms with Gasteiger partial charge in [0.1, 0.15) is 10.8 Å². The average Bonchev–Trinajstić information content (AvgIpc) is 3.71. The first-order valence-electron chi connectivity index (χ1n) is 12.8. The summed E-state index contributed by atoms with van der Waals surface area (Å²) in [5.41, 5.74) is 6.27. The molecule has 7 heterocycles. The van der Waals surface area contributed by atoms with Crippen LogP contribution in [0.3, 0.4) is 0 Å². The molecule has 0 unspecified atom stereocenters. The fourth-order valence-corrected chi connectivity index (χ4v) is 5.68. The summed E-state index contributed by atoms with van der Waals surface area (Å²) in [6, 6.07) is 5.99. The van der Waals surface area contributed by atoms with Gasteiger partial charge in [0.25, 0.3) is 0 Å². The lowest BCUT2D eigenvalue weighted by atomic mass is 10.1. The van der Waals surface area contributed by atoms with Crippen LogP contribution in [0.1, 0.15) is 36.5 Å². The normalized spacial score (nSPS) is 14.6. The molecule has 11 nitrogen and oxygen atoms in total. The van der Waals surface area contributed by atoms with Crippen LogP contribution in [0.4, 0.5) is 10.8 Å². The Morgan fingerprint density at radius 1 is 1.05 bits per heavy atom. The number of rotatable bonds is 7. The van der Waals surface area contributed by atoms with Crippen LogP contribution in [0.2, 0.25) is 0 Å². The Bertz CT molecular complexity index is 1690. The first kappa shape index (κ1) is 23.0. The van der Waals surface area contributed by atoms with Gasteiger partial charge in [-0.3, -0.25) is 14.0 Å². The predicted molar refractivity (Wildman–Crippen MR) is 146 cm³/mol. The van der Waals surface area contributed by atoms with E-state index in [1.165, 1.54) is 30.8 Å². The first-order chi connectivity index (χ1) is 18.7. The van der Waals surface area contributed by atoms with Crippen LogP contribution in [-0.2, 0) is 13.1 Å². The lowest BCUT2D eigenvalue weighted by Gasteiger charge is -2.25. The van der Waals surface area contributed by atoms with E-state index in [0.717, 1.165) is 64.3 Å². The molecule has 6 aromatic heterocycles. The number of hydrogen-bond donors (Lipinski definition) is 2. The first-order valence-corrected chi connectivity index (χ1v) is 13.6. The third-order valence-electron chi connectivity index (χ3n) is 6.79. The second kappa shape index (κ2) is 9.62. The minimum absolute atomic E-state index is 0.519. The number of piperidine rings is 1. The van der Waals surface area contributed by atoms with Crippen LogP contribution in [0.5, 0.6) is 0 Å². The highest BCUT2D eigenvalue weighted by molar-refractivity contribution is 7.10.